The van der Waals surface area contributed by atoms with Gasteiger partial charge in [0.05, 0.1) is 5.69 Å². The van der Waals surface area contributed by atoms with Gasteiger partial charge in [0.15, 0.2) is 11.2 Å². The molecule has 1 unspecified atom stereocenters. The molecule has 7 heteroatoms. The molecule has 2 aromatic heterocycles. The van der Waals surface area contributed by atoms with Crippen molar-refractivity contribution in [3.05, 3.63) is 53.2 Å². The number of ether oxygens (including phenoxy) is 1. The van der Waals surface area contributed by atoms with Gasteiger partial charge in [0.1, 0.15) is 0 Å². The van der Waals surface area contributed by atoms with Crippen LogP contribution in [0.2, 0.25) is 0 Å². The standard InChI is InChI=1S/C17H18N4O2S/c1-11-10-21(14-7-5-4-6-8-14)20-16(11)23-13(3)15(22)19-17-18-9-12(2)24-17/h4-10,13H,1-3H3,(H,18,19,22). The van der Waals surface area contributed by atoms with Crippen LogP contribution in [0.15, 0.2) is 42.7 Å². The second-order valence-corrected chi connectivity index (χ2v) is 6.66. The SMILES string of the molecule is Cc1cnc(NC(=O)C(C)Oc2nn(-c3ccccc3)cc2C)s1. The van der Waals surface area contributed by atoms with Crippen LogP contribution in [0.3, 0.4) is 0 Å². The summed E-state index contributed by atoms with van der Waals surface area (Å²) in [6.07, 6.45) is 2.92. The molecule has 1 N–H and O–H groups in total. The molecule has 1 atom stereocenters. The second kappa shape index (κ2) is 6.84. The molecule has 1 amide bonds. The summed E-state index contributed by atoms with van der Waals surface area (Å²) in [5, 5.41) is 7.73. The smallest absolute Gasteiger partial charge is 0.266 e. The van der Waals surface area contributed by atoms with E-state index in [4.69, 9.17) is 4.74 Å². The van der Waals surface area contributed by atoms with E-state index in [-0.39, 0.29) is 5.91 Å². The van der Waals surface area contributed by atoms with Crippen LogP contribution in [0.5, 0.6) is 5.88 Å². The van der Waals surface area contributed by atoms with E-state index in [1.54, 1.807) is 17.8 Å². The lowest BCUT2D eigenvalue weighted by atomic mass is 10.3. The first-order valence-electron chi connectivity index (χ1n) is 7.54. The lowest BCUT2D eigenvalue weighted by Crippen LogP contribution is -2.30. The number of para-hydroxylation sites is 1. The summed E-state index contributed by atoms with van der Waals surface area (Å²) in [7, 11) is 0. The minimum atomic E-state index is -0.674. The zero-order valence-corrected chi connectivity index (χ0v) is 14.5. The molecular formula is C17H18N4O2S. The number of aromatic nitrogens is 3. The lowest BCUT2D eigenvalue weighted by molar-refractivity contribution is -0.122. The zero-order valence-electron chi connectivity index (χ0n) is 13.7. The van der Waals surface area contributed by atoms with Crippen LogP contribution < -0.4 is 10.1 Å². The number of aryl methyl sites for hydroxylation is 2. The number of hydrogen-bond donors (Lipinski definition) is 1. The number of carbonyl (C=O) groups is 1. The van der Waals surface area contributed by atoms with Crippen molar-refractivity contribution in [2.45, 2.75) is 26.9 Å². The third kappa shape index (κ3) is 3.62. The molecule has 3 rings (SSSR count). The van der Waals surface area contributed by atoms with Crippen LogP contribution in [0.4, 0.5) is 5.13 Å². The molecule has 0 bridgehead atoms. The summed E-state index contributed by atoms with van der Waals surface area (Å²) in [5.41, 5.74) is 1.80. The van der Waals surface area contributed by atoms with Crippen molar-refractivity contribution >= 4 is 22.4 Å². The molecule has 24 heavy (non-hydrogen) atoms. The van der Waals surface area contributed by atoms with Crippen molar-refractivity contribution in [1.29, 1.82) is 0 Å². The van der Waals surface area contributed by atoms with Crippen LogP contribution in [0.1, 0.15) is 17.4 Å². The predicted molar refractivity (Wildman–Crippen MR) is 93.9 cm³/mol. The minimum Gasteiger partial charge on any atom is -0.463 e. The summed E-state index contributed by atoms with van der Waals surface area (Å²) in [5.74, 6) is 0.190. The van der Waals surface area contributed by atoms with Crippen LogP contribution in [0.25, 0.3) is 5.69 Å². The van der Waals surface area contributed by atoms with Gasteiger partial charge in [-0.3, -0.25) is 10.1 Å². The number of amides is 1. The topological polar surface area (TPSA) is 69.0 Å². The number of carbonyl (C=O) groups excluding carboxylic acids is 1. The Hall–Kier alpha value is -2.67. The Kier molecular flexibility index (Phi) is 4.61. The molecule has 0 aliphatic rings. The fraction of sp³-hybridized carbons (Fsp3) is 0.235. The quantitative estimate of drug-likeness (QED) is 0.772. The Bertz CT molecular complexity index is 841. The molecule has 0 spiro atoms. The number of nitrogens with one attached hydrogen (secondary N) is 1. The van der Waals surface area contributed by atoms with E-state index in [0.29, 0.717) is 11.0 Å². The van der Waals surface area contributed by atoms with E-state index >= 15 is 0 Å². The number of benzene rings is 1. The maximum absolute atomic E-state index is 12.2. The third-order valence-electron chi connectivity index (χ3n) is 3.38. The molecule has 3 aromatic rings. The molecule has 0 saturated heterocycles. The number of hydrogen-bond acceptors (Lipinski definition) is 5. The van der Waals surface area contributed by atoms with Crippen molar-refractivity contribution in [3.63, 3.8) is 0 Å². The second-order valence-electron chi connectivity index (χ2n) is 5.42. The molecule has 0 radical (unpaired) electrons. The molecule has 0 aliphatic carbocycles. The number of rotatable bonds is 5. The largest absolute Gasteiger partial charge is 0.463 e. The fourth-order valence-corrected chi connectivity index (χ4v) is 2.78. The normalized spacial score (nSPS) is 12.0. The van der Waals surface area contributed by atoms with Crippen molar-refractivity contribution in [1.82, 2.24) is 14.8 Å². The van der Waals surface area contributed by atoms with Gasteiger partial charge in [-0.15, -0.1) is 16.4 Å². The highest BCUT2D eigenvalue weighted by Gasteiger charge is 2.19. The summed E-state index contributed by atoms with van der Waals surface area (Å²) < 4.78 is 7.46. The Morgan fingerprint density at radius 3 is 2.71 bits per heavy atom. The van der Waals surface area contributed by atoms with E-state index in [1.807, 2.05) is 50.4 Å². The molecule has 6 nitrogen and oxygen atoms in total. The monoisotopic (exact) mass is 342 g/mol. The van der Waals surface area contributed by atoms with Crippen LogP contribution in [-0.2, 0) is 4.79 Å². The maximum atomic E-state index is 12.2. The van der Waals surface area contributed by atoms with Gasteiger partial charge in [0.25, 0.3) is 5.91 Å². The van der Waals surface area contributed by atoms with Crippen molar-refractivity contribution in [2.75, 3.05) is 5.32 Å². The third-order valence-corrected chi connectivity index (χ3v) is 4.21. The highest BCUT2D eigenvalue weighted by Crippen LogP contribution is 2.20. The van der Waals surface area contributed by atoms with Gasteiger partial charge in [-0.1, -0.05) is 18.2 Å². The van der Waals surface area contributed by atoms with E-state index < -0.39 is 6.10 Å². The number of thiazole rings is 1. The minimum absolute atomic E-state index is 0.252. The molecule has 0 saturated carbocycles. The van der Waals surface area contributed by atoms with E-state index in [0.717, 1.165) is 16.1 Å². The van der Waals surface area contributed by atoms with Gasteiger partial charge >= 0.3 is 0 Å². The first-order chi connectivity index (χ1) is 11.5. The molecular weight excluding hydrogens is 324 g/mol. The maximum Gasteiger partial charge on any atom is 0.266 e. The summed E-state index contributed by atoms with van der Waals surface area (Å²) >= 11 is 1.43. The van der Waals surface area contributed by atoms with Gasteiger partial charge in [-0.05, 0) is 32.9 Å². The summed E-state index contributed by atoms with van der Waals surface area (Å²) in [6.45, 7) is 5.53. The molecule has 2 heterocycles. The van der Waals surface area contributed by atoms with Crippen molar-refractivity contribution < 1.29 is 9.53 Å². The Morgan fingerprint density at radius 1 is 1.29 bits per heavy atom. The van der Waals surface area contributed by atoms with E-state index in [2.05, 4.69) is 15.4 Å². The zero-order chi connectivity index (χ0) is 17.1. The summed E-state index contributed by atoms with van der Waals surface area (Å²) in [4.78, 5) is 17.4. The number of anilines is 1. The van der Waals surface area contributed by atoms with Gasteiger partial charge < -0.3 is 4.74 Å². The summed E-state index contributed by atoms with van der Waals surface area (Å²) in [6, 6.07) is 9.75. The van der Waals surface area contributed by atoms with E-state index in [1.165, 1.54) is 11.3 Å². The lowest BCUT2D eigenvalue weighted by Gasteiger charge is -2.12. The molecule has 124 valence electrons. The Morgan fingerprint density at radius 2 is 2.04 bits per heavy atom. The molecule has 0 aliphatic heterocycles. The van der Waals surface area contributed by atoms with Crippen molar-refractivity contribution in [2.24, 2.45) is 0 Å². The van der Waals surface area contributed by atoms with Gasteiger partial charge in [0, 0.05) is 22.8 Å². The van der Waals surface area contributed by atoms with Crippen LogP contribution in [0, 0.1) is 13.8 Å². The Balaban J connectivity index is 1.69. The molecule has 0 fully saturated rings. The van der Waals surface area contributed by atoms with Crippen molar-refractivity contribution in [3.8, 4) is 11.6 Å². The van der Waals surface area contributed by atoms with Gasteiger partial charge in [0.2, 0.25) is 5.88 Å². The Labute approximate surface area is 144 Å². The first-order valence-corrected chi connectivity index (χ1v) is 8.36. The average molecular weight is 342 g/mol. The van der Waals surface area contributed by atoms with Gasteiger partial charge in [-0.2, -0.15) is 0 Å². The number of nitrogens with zero attached hydrogens (tertiary/aromatic N) is 3. The van der Waals surface area contributed by atoms with Crippen LogP contribution >= 0.6 is 11.3 Å². The molecule has 1 aromatic carbocycles. The van der Waals surface area contributed by atoms with Crippen LogP contribution in [-0.4, -0.2) is 26.8 Å². The highest BCUT2D eigenvalue weighted by molar-refractivity contribution is 7.15. The fourth-order valence-electron chi connectivity index (χ4n) is 2.11. The first kappa shape index (κ1) is 16.2. The predicted octanol–water partition coefficient (Wildman–Crippen LogP) is 3.35. The van der Waals surface area contributed by atoms with Gasteiger partial charge in [-0.25, -0.2) is 9.67 Å². The highest BCUT2D eigenvalue weighted by atomic mass is 32.1. The average Bonchev–Trinajstić information content (AvgIpc) is 3.14. The van der Waals surface area contributed by atoms with E-state index in [9.17, 15) is 4.79 Å².